The van der Waals surface area contributed by atoms with Crippen molar-refractivity contribution >= 4 is 5.96 Å². The van der Waals surface area contributed by atoms with Crippen LogP contribution in [0.2, 0.25) is 0 Å². The van der Waals surface area contributed by atoms with Crippen LogP contribution >= 0.6 is 0 Å². The van der Waals surface area contributed by atoms with Crippen LogP contribution in [0.15, 0.2) is 39.9 Å². The lowest BCUT2D eigenvalue weighted by Gasteiger charge is -2.32. The van der Waals surface area contributed by atoms with Crippen molar-refractivity contribution in [3.63, 3.8) is 0 Å². The van der Waals surface area contributed by atoms with Crippen LogP contribution in [0, 0.1) is 0 Å². The zero-order valence-corrected chi connectivity index (χ0v) is 18.3. The number of guanidine groups is 1. The first-order valence-corrected chi connectivity index (χ1v) is 10.4. The Balaban J connectivity index is 1.65. The Morgan fingerprint density at radius 3 is 2.55 bits per heavy atom. The van der Waals surface area contributed by atoms with Gasteiger partial charge in [0.2, 0.25) is 5.89 Å². The van der Waals surface area contributed by atoms with E-state index in [1.165, 1.54) is 18.4 Å². The third kappa shape index (κ3) is 4.92. The first-order valence-electron chi connectivity index (χ1n) is 10.4. The molecule has 0 amide bonds. The molecular weight excluding hydrogens is 364 g/mol. The van der Waals surface area contributed by atoms with E-state index in [1.807, 2.05) is 12.3 Å². The standard InChI is InChI=1S/C23H34N4O2/c1-22(2,3)19-14-25-20(29-19)15-26-21(24-4)27-16-23(12-8-9-13-23)17-10-6-7-11-18(17)28-5/h6-7,10-11,14H,8-9,12-13,15-16H2,1-5H3,(H2,24,26,27). The molecule has 2 N–H and O–H groups in total. The van der Waals surface area contributed by atoms with Crippen molar-refractivity contribution in [2.45, 2.75) is 63.8 Å². The largest absolute Gasteiger partial charge is 0.496 e. The maximum absolute atomic E-state index is 5.87. The van der Waals surface area contributed by atoms with Crippen LogP contribution in [0.1, 0.15) is 63.7 Å². The highest BCUT2D eigenvalue weighted by Crippen LogP contribution is 2.44. The highest BCUT2D eigenvalue weighted by Gasteiger charge is 2.37. The molecule has 1 aliphatic rings. The van der Waals surface area contributed by atoms with E-state index in [4.69, 9.17) is 9.15 Å². The molecule has 0 bridgehead atoms. The summed E-state index contributed by atoms with van der Waals surface area (Å²) in [6.45, 7) is 7.65. The van der Waals surface area contributed by atoms with E-state index in [0.717, 1.165) is 36.9 Å². The van der Waals surface area contributed by atoms with Crippen molar-refractivity contribution in [3.8, 4) is 5.75 Å². The number of aliphatic imine (C=N–C) groups is 1. The van der Waals surface area contributed by atoms with Gasteiger partial charge in [0.15, 0.2) is 5.96 Å². The Morgan fingerprint density at radius 1 is 1.21 bits per heavy atom. The minimum Gasteiger partial charge on any atom is -0.496 e. The summed E-state index contributed by atoms with van der Waals surface area (Å²) >= 11 is 0. The Kier molecular flexibility index (Phi) is 6.50. The Morgan fingerprint density at radius 2 is 1.93 bits per heavy atom. The third-order valence-corrected chi connectivity index (χ3v) is 5.76. The van der Waals surface area contributed by atoms with Gasteiger partial charge < -0.3 is 19.8 Å². The summed E-state index contributed by atoms with van der Waals surface area (Å²) < 4.78 is 11.5. The molecule has 2 aromatic rings. The van der Waals surface area contributed by atoms with E-state index in [9.17, 15) is 0 Å². The van der Waals surface area contributed by atoms with E-state index in [1.54, 1.807) is 14.2 Å². The second-order valence-electron chi connectivity index (χ2n) is 8.84. The fourth-order valence-corrected chi connectivity index (χ4v) is 4.05. The molecule has 0 aliphatic heterocycles. The lowest BCUT2D eigenvalue weighted by molar-refractivity contribution is 0.370. The first kappa shape index (κ1) is 21.2. The molecule has 1 aromatic carbocycles. The van der Waals surface area contributed by atoms with Gasteiger partial charge in [-0.1, -0.05) is 51.8 Å². The summed E-state index contributed by atoms with van der Waals surface area (Å²) in [6.07, 6.45) is 6.57. The fourth-order valence-electron chi connectivity index (χ4n) is 4.05. The topological polar surface area (TPSA) is 71.7 Å². The van der Waals surface area contributed by atoms with Gasteiger partial charge in [-0.3, -0.25) is 4.99 Å². The third-order valence-electron chi connectivity index (χ3n) is 5.76. The Labute approximate surface area is 174 Å². The number of methoxy groups -OCH3 is 1. The minimum absolute atomic E-state index is 0.0469. The predicted molar refractivity (Wildman–Crippen MR) is 117 cm³/mol. The van der Waals surface area contributed by atoms with Gasteiger partial charge in [-0.05, 0) is 18.9 Å². The summed E-state index contributed by atoms with van der Waals surface area (Å²) in [7, 11) is 3.54. The number of nitrogens with one attached hydrogen (secondary N) is 2. The van der Waals surface area contributed by atoms with Gasteiger partial charge in [0.25, 0.3) is 0 Å². The minimum atomic E-state index is -0.0469. The Bertz CT molecular complexity index is 829. The van der Waals surface area contributed by atoms with E-state index in [0.29, 0.717) is 12.4 Å². The fraction of sp³-hybridized carbons (Fsp3) is 0.565. The number of para-hydroxylation sites is 1. The van der Waals surface area contributed by atoms with Crippen molar-refractivity contribution in [1.82, 2.24) is 15.6 Å². The summed E-state index contributed by atoms with van der Waals surface area (Å²) in [6, 6.07) is 8.38. The number of nitrogens with zero attached hydrogens (tertiary/aromatic N) is 2. The van der Waals surface area contributed by atoms with Crippen molar-refractivity contribution in [1.29, 1.82) is 0 Å². The van der Waals surface area contributed by atoms with Crippen molar-refractivity contribution in [3.05, 3.63) is 47.7 Å². The van der Waals surface area contributed by atoms with Crippen molar-refractivity contribution in [2.75, 3.05) is 20.7 Å². The van der Waals surface area contributed by atoms with Gasteiger partial charge in [-0.15, -0.1) is 0 Å². The average molecular weight is 399 g/mol. The lowest BCUT2D eigenvalue weighted by atomic mass is 9.78. The summed E-state index contributed by atoms with van der Waals surface area (Å²) in [4.78, 5) is 8.76. The average Bonchev–Trinajstić information content (AvgIpc) is 3.38. The Hall–Kier alpha value is -2.50. The molecule has 0 radical (unpaired) electrons. The molecule has 29 heavy (non-hydrogen) atoms. The zero-order valence-electron chi connectivity index (χ0n) is 18.3. The van der Waals surface area contributed by atoms with Crippen LogP contribution in [0.4, 0.5) is 0 Å². The zero-order chi connectivity index (χ0) is 20.9. The van der Waals surface area contributed by atoms with Crippen molar-refractivity contribution < 1.29 is 9.15 Å². The van der Waals surface area contributed by atoms with Crippen LogP contribution in [0.5, 0.6) is 5.75 Å². The first-order chi connectivity index (χ1) is 13.9. The summed E-state index contributed by atoms with van der Waals surface area (Å²) in [5.41, 5.74) is 1.30. The van der Waals surface area contributed by atoms with Crippen LogP contribution in [0.3, 0.4) is 0 Å². The number of hydrogen-bond acceptors (Lipinski definition) is 4. The maximum atomic E-state index is 5.87. The quantitative estimate of drug-likeness (QED) is 0.565. The monoisotopic (exact) mass is 398 g/mol. The molecule has 3 rings (SSSR count). The normalized spacial score (nSPS) is 16.7. The van der Waals surface area contributed by atoms with Gasteiger partial charge in [0.1, 0.15) is 11.5 Å². The van der Waals surface area contributed by atoms with Crippen LogP contribution < -0.4 is 15.4 Å². The SMILES string of the molecule is CN=C(NCc1ncc(C(C)(C)C)o1)NCC1(c2ccccc2OC)CCCC1. The van der Waals surface area contributed by atoms with Gasteiger partial charge in [0.05, 0.1) is 19.9 Å². The van der Waals surface area contributed by atoms with Crippen LogP contribution in [-0.2, 0) is 17.4 Å². The van der Waals surface area contributed by atoms with Crippen molar-refractivity contribution in [2.24, 2.45) is 4.99 Å². The lowest BCUT2D eigenvalue weighted by Crippen LogP contribution is -2.44. The van der Waals surface area contributed by atoms with E-state index in [2.05, 4.69) is 59.6 Å². The molecule has 1 heterocycles. The van der Waals surface area contributed by atoms with Crippen LogP contribution in [0.25, 0.3) is 0 Å². The van der Waals surface area contributed by atoms with E-state index in [-0.39, 0.29) is 10.8 Å². The van der Waals surface area contributed by atoms with Gasteiger partial charge in [0, 0.05) is 30.0 Å². The molecule has 0 saturated heterocycles. The summed E-state index contributed by atoms with van der Waals surface area (Å²) in [5.74, 6) is 3.27. The molecule has 6 nitrogen and oxygen atoms in total. The smallest absolute Gasteiger partial charge is 0.213 e. The second-order valence-corrected chi connectivity index (χ2v) is 8.84. The molecule has 6 heteroatoms. The second kappa shape index (κ2) is 8.89. The molecule has 1 aromatic heterocycles. The molecular formula is C23H34N4O2. The molecule has 158 valence electrons. The number of hydrogen-bond donors (Lipinski definition) is 2. The number of benzene rings is 1. The molecule has 1 saturated carbocycles. The van der Waals surface area contributed by atoms with Gasteiger partial charge >= 0.3 is 0 Å². The molecule has 1 fully saturated rings. The van der Waals surface area contributed by atoms with E-state index < -0.39 is 0 Å². The molecule has 1 aliphatic carbocycles. The molecule has 0 spiro atoms. The molecule has 0 unspecified atom stereocenters. The van der Waals surface area contributed by atoms with Gasteiger partial charge in [-0.25, -0.2) is 4.98 Å². The maximum Gasteiger partial charge on any atom is 0.213 e. The highest BCUT2D eigenvalue weighted by atomic mass is 16.5. The van der Waals surface area contributed by atoms with Gasteiger partial charge in [-0.2, -0.15) is 0 Å². The highest BCUT2D eigenvalue weighted by molar-refractivity contribution is 5.79. The van der Waals surface area contributed by atoms with E-state index >= 15 is 0 Å². The number of ether oxygens (including phenoxy) is 1. The summed E-state index contributed by atoms with van der Waals surface area (Å²) in [5, 5.41) is 6.85. The number of aromatic nitrogens is 1. The van der Waals surface area contributed by atoms with Crippen LogP contribution in [-0.4, -0.2) is 31.6 Å². The predicted octanol–water partition coefficient (Wildman–Crippen LogP) is 4.16. The number of oxazole rings is 1. The molecule has 0 atom stereocenters. The number of rotatable bonds is 6.